The van der Waals surface area contributed by atoms with Gasteiger partial charge in [-0.1, -0.05) is 23.7 Å². The van der Waals surface area contributed by atoms with Gasteiger partial charge in [0, 0.05) is 31.1 Å². The van der Waals surface area contributed by atoms with E-state index in [-0.39, 0.29) is 12.5 Å². The molecule has 1 atom stereocenters. The van der Waals surface area contributed by atoms with E-state index >= 15 is 0 Å². The summed E-state index contributed by atoms with van der Waals surface area (Å²) in [5.74, 6) is -0.437. The Hall–Kier alpha value is -1.93. The van der Waals surface area contributed by atoms with Gasteiger partial charge in [-0.15, -0.1) is 0 Å². The van der Waals surface area contributed by atoms with Crippen molar-refractivity contribution in [2.24, 2.45) is 0 Å². The van der Waals surface area contributed by atoms with Crippen LogP contribution in [-0.2, 0) is 22.5 Å². The largest absolute Gasteiger partial charge is 0.381 e. The van der Waals surface area contributed by atoms with E-state index in [0.29, 0.717) is 11.4 Å². The molecular weight excluding hydrogens is 380 g/mol. The van der Waals surface area contributed by atoms with Crippen molar-refractivity contribution in [1.82, 2.24) is 20.6 Å². The highest BCUT2D eigenvalue weighted by atomic mass is 35.5. The van der Waals surface area contributed by atoms with Crippen molar-refractivity contribution in [3.8, 4) is 0 Å². The van der Waals surface area contributed by atoms with E-state index in [1.165, 1.54) is 12.8 Å². The second-order valence-electron chi connectivity index (χ2n) is 6.34. The highest BCUT2D eigenvalue weighted by molar-refractivity contribution is 6.30. The molecule has 1 unspecified atom stereocenters. The molecule has 8 heteroatoms. The highest BCUT2D eigenvalue weighted by Gasteiger charge is 2.12. The Kier molecular flexibility index (Phi) is 13.0. The molecule has 1 heterocycles. The minimum atomic E-state index is -0.437. The molecule has 3 N–H and O–H groups in total. The molecule has 0 aliphatic carbocycles. The summed E-state index contributed by atoms with van der Waals surface area (Å²) in [4.78, 5) is 11.0. The number of hydrogen-bond acceptors (Lipinski definition) is 5. The number of ether oxygens (including phenoxy) is 1. The van der Waals surface area contributed by atoms with Crippen LogP contribution in [0.1, 0.15) is 31.2 Å². The molecule has 0 saturated heterocycles. The fourth-order valence-corrected chi connectivity index (χ4v) is 2.67. The number of hydrogen-bond donors (Lipinski definition) is 3. The molecule has 0 fully saturated rings. The first-order chi connectivity index (χ1) is 13.6. The third-order valence-electron chi connectivity index (χ3n) is 4.16. The summed E-state index contributed by atoms with van der Waals surface area (Å²) < 4.78 is 7.14. The maximum Gasteiger partial charge on any atom is 0.245 e. The molecule has 0 spiro atoms. The standard InChI is InChI=1S/C12H16ClNO3.C8H15N3/c1-17-11(8-12(15)14-16)7-4-9-2-5-10(13)6-3-9;1-9-5-2-3-7-11-8-4-6-10-11/h2-3,5-6,11,16H,4,7-8H2,1H3,(H,14,15);4,6,8-9H,2-3,5,7H2,1H3. The van der Waals surface area contributed by atoms with Gasteiger partial charge in [-0.05, 0) is 63.0 Å². The molecule has 0 bridgehead atoms. The Morgan fingerprint density at radius 2 is 2.07 bits per heavy atom. The van der Waals surface area contributed by atoms with Crippen molar-refractivity contribution in [3.63, 3.8) is 0 Å². The predicted octanol–water partition coefficient (Wildman–Crippen LogP) is 3.07. The van der Waals surface area contributed by atoms with E-state index in [4.69, 9.17) is 21.5 Å². The Bertz CT molecular complexity index is 635. The second-order valence-corrected chi connectivity index (χ2v) is 6.78. The molecular formula is C20H31ClN4O3. The maximum atomic E-state index is 11.0. The summed E-state index contributed by atoms with van der Waals surface area (Å²) in [5, 5.41) is 16.4. The van der Waals surface area contributed by atoms with Gasteiger partial charge in [0.1, 0.15) is 0 Å². The van der Waals surface area contributed by atoms with Crippen LogP contribution in [0.15, 0.2) is 42.7 Å². The zero-order chi connectivity index (χ0) is 20.6. The average molecular weight is 411 g/mol. The summed E-state index contributed by atoms with van der Waals surface area (Å²) in [6, 6.07) is 9.51. The van der Waals surface area contributed by atoms with Crippen LogP contribution >= 0.6 is 11.6 Å². The summed E-state index contributed by atoms with van der Waals surface area (Å²) in [7, 11) is 3.53. The summed E-state index contributed by atoms with van der Waals surface area (Å²) in [6.45, 7) is 2.13. The van der Waals surface area contributed by atoms with Crippen LogP contribution in [0, 0.1) is 0 Å². The lowest BCUT2D eigenvalue weighted by Crippen LogP contribution is -2.25. The summed E-state index contributed by atoms with van der Waals surface area (Å²) >= 11 is 5.78. The normalized spacial score (nSPS) is 11.4. The van der Waals surface area contributed by atoms with Crippen LogP contribution in [0.4, 0.5) is 0 Å². The Morgan fingerprint density at radius 3 is 2.64 bits per heavy atom. The van der Waals surface area contributed by atoms with Gasteiger partial charge < -0.3 is 10.1 Å². The topological polar surface area (TPSA) is 88.4 Å². The zero-order valence-corrected chi connectivity index (χ0v) is 17.4. The number of carbonyl (C=O) groups excluding carboxylic acids is 1. The molecule has 0 aliphatic heterocycles. The first-order valence-electron chi connectivity index (χ1n) is 9.41. The average Bonchev–Trinajstić information content (AvgIpc) is 3.23. The van der Waals surface area contributed by atoms with Gasteiger partial charge in [-0.25, -0.2) is 5.48 Å². The number of nitrogens with zero attached hydrogens (tertiary/aromatic N) is 2. The van der Waals surface area contributed by atoms with Crippen molar-refractivity contribution in [1.29, 1.82) is 0 Å². The third-order valence-corrected chi connectivity index (χ3v) is 4.41. The quantitative estimate of drug-likeness (QED) is 0.301. The number of hydroxylamine groups is 1. The first kappa shape index (κ1) is 24.1. The van der Waals surface area contributed by atoms with Crippen LogP contribution in [0.5, 0.6) is 0 Å². The Labute approximate surface area is 172 Å². The van der Waals surface area contributed by atoms with E-state index in [1.807, 2.05) is 54.5 Å². The first-order valence-corrected chi connectivity index (χ1v) is 9.79. The highest BCUT2D eigenvalue weighted by Crippen LogP contribution is 2.13. The fraction of sp³-hybridized carbons (Fsp3) is 0.500. The smallest absolute Gasteiger partial charge is 0.245 e. The van der Waals surface area contributed by atoms with Gasteiger partial charge in [0.25, 0.3) is 0 Å². The molecule has 1 aromatic heterocycles. The molecule has 2 rings (SSSR count). The van der Waals surface area contributed by atoms with Gasteiger partial charge in [-0.2, -0.15) is 5.10 Å². The Balaban J connectivity index is 0.000000307. The number of halogens is 1. The maximum absolute atomic E-state index is 11.0. The van der Waals surface area contributed by atoms with E-state index in [0.717, 1.165) is 25.1 Å². The number of benzene rings is 1. The van der Waals surface area contributed by atoms with E-state index < -0.39 is 5.91 Å². The van der Waals surface area contributed by atoms with Crippen LogP contribution in [0.2, 0.25) is 5.02 Å². The molecule has 0 radical (unpaired) electrons. The number of aromatic nitrogens is 2. The number of rotatable bonds is 11. The summed E-state index contributed by atoms with van der Waals surface area (Å²) in [6.07, 6.45) is 7.70. The van der Waals surface area contributed by atoms with E-state index in [2.05, 4.69) is 10.4 Å². The third kappa shape index (κ3) is 11.0. The minimum absolute atomic E-state index is 0.153. The second kappa shape index (κ2) is 15.0. The van der Waals surface area contributed by atoms with Crippen LogP contribution in [0.25, 0.3) is 0 Å². The number of unbranched alkanes of at least 4 members (excludes halogenated alkanes) is 1. The van der Waals surface area contributed by atoms with Crippen LogP contribution in [-0.4, -0.2) is 47.7 Å². The van der Waals surface area contributed by atoms with Crippen molar-refractivity contribution in [2.45, 2.75) is 44.8 Å². The fourth-order valence-electron chi connectivity index (χ4n) is 2.54. The summed E-state index contributed by atoms with van der Waals surface area (Å²) in [5.41, 5.74) is 2.74. The number of carbonyl (C=O) groups is 1. The van der Waals surface area contributed by atoms with Gasteiger partial charge in [-0.3, -0.25) is 14.7 Å². The number of aryl methyl sites for hydroxylation is 2. The van der Waals surface area contributed by atoms with Crippen LogP contribution < -0.4 is 10.8 Å². The van der Waals surface area contributed by atoms with E-state index in [9.17, 15) is 4.79 Å². The van der Waals surface area contributed by atoms with Gasteiger partial charge in [0.2, 0.25) is 5.91 Å². The number of nitrogens with one attached hydrogen (secondary N) is 2. The molecule has 7 nitrogen and oxygen atoms in total. The molecule has 0 aliphatic rings. The van der Waals surface area contributed by atoms with Crippen molar-refractivity contribution in [2.75, 3.05) is 20.7 Å². The van der Waals surface area contributed by atoms with Crippen molar-refractivity contribution in [3.05, 3.63) is 53.3 Å². The van der Waals surface area contributed by atoms with E-state index in [1.54, 1.807) is 12.6 Å². The lowest BCUT2D eigenvalue weighted by molar-refractivity contribution is -0.131. The molecule has 2 aromatic rings. The molecule has 156 valence electrons. The molecule has 1 amide bonds. The lowest BCUT2D eigenvalue weighted by atomic mass is 10.0. The predicted molar refractivity (Wildman–Crippen MR) is 111 cm³/mol. The van der Waals surface area contributed by atoms with Crippen molar-refractivity contribution >= 4 is 17.5 Å². The molecule has 0 saturated carbocycles. The number of methoxy groups -OCH3 is 1. The Morgan fingerprint density at radius 1 is 1.32 bits per heavy atom. The zero-order valence-electron chi connectivity index (χ0n) is 16.6. The van der Waals surface area contributed by atoms with Crippen LogP contribution in [0.3, 0.4) is 0 Å². The van der Waals surface area contributed by atoms with Gasteiger partial charge >= 0.3 is 0 Å². The van der Waals surface area contributed by atoms with Gasteiger partial charge in [0.05, 0.1) is 12.5 Å². The lowest BCUT2D eigenvalue weighted by Gasteiger charge is -2.13. The van der Waals surface area contributed by atoms with Crippen molar-refractivity contribution < 1.29 is 14.7 Å². The SMILES string of the molecule is CNCCCCn1cccn1.COC(CCc1ccc(Cl)cc1)CC(=O)NO. The van der Waals surface area contributed by atoms with Gasteiger partial charge in [0.15, 0.2) is 0 Å². The minimum Gasteiger partial charge on any atom is -0.381 e. The monoisotopic (exact) mass is 410 g/mol. The molecule has 28 heavy (non-hydrogen) atoms. The molecule has 1 aromatic carbocycles. The number of amides is 1.